The summed E-state index contributed by atoms with van der Waals surface area (Å²) in [4.78, 5) is 26.8. The zero-order valence-corrected chi connectivity index (χ0v) is 21.6. The van der Waals surface area contributed by atoms with Crippen molar-refractivity contribution < 1.29 is 18.7 Å². The van der Waals surface area contributed by atoms with E-state index in [0.29, 0.717) is 44.6 Å². The van der Waals surface area contributed by atoms with Gasteiger partial charge >= 0.3 is 5.97 Å². The molecule has 1 aromatic carbocycles. The maximum absolute atomic E-state index is 14.7. The SMILES string of the molecule is CCOC(=O)CCCn1cc(C=C2CN(C(C(=O)C3CC3)c3ccccc3F)CCC2S)cn1.Cl. The van der Waals surface area contributed by atoms with Crippen molar-refractivity contribution in [3.8, 4) is 0 Å². The van der Waals surface area contributed by atoms with Gasteiger partial charge in [-0.2, -0.15) is 17.7 Å². The molecule has 190 valence electrons. The number of ketones is 1. The number of carbonyl (C=O) groups excluding carboxylic acids is 2. The average Bonchev–Trinajstić information content (AvgIpc) is 3.58. The molecule has 9 heteroatoms. The Morgan fingerprint density at radius 2 is 2.06 bits per heavy atom. The van der Waals surface area contributed by atoms with Crippen LogP contribution in [0.3, 0.4) is 0 Å². The minimum absolute atomic E-state index is 0. The van der Waals surface area contributed by atoms with Crippen molar-refractivity contribution in [2.24, 2.45) is 5.92 Å². The lowest BCUT2D eigenvalue weighted by molar-refractivity contribution is -0.143. The molecule has 0 radical (unpaired) electrons. The Kier molecular flexibility index (Phi) is 9.95. The number of nitrogens with zero attached hydrogens (tertiary/aromatic N) is 3. The van der Waals surface area contributed by atoms with Crippen LogP contribution < -0.4 is 0 Å². The Morgan fingerprint density at radius 3 is 2.77 bits per heavy atom. The number of likely N-dealkylation sites (tertiary alicyclic amines) is 1. The molecule has 4 rings (SSSR count). The number of Topliss-reactive ketones (excluding diaryl/α,β-unsaturated/α-hetero) is 1. The van der Waals surface area contributed by atoms with Gasteiger partial charge in [0.25, 0.3) is 0 Å². The molecule has 1 aromatic heterocycles. The Hall–Kier alpha value is -2.16. The van der Waals surface area contributed by atoms with Crippen molar-refractivity contribution in [1.82, 2.24) is 14.7 Å². The fourth-order valence-corrected chi connectivity index (χ4v) is 4.75. The van der Waals surface area contributed by atoms with Gasteiger partial charge in [-0.15, -0.1) is 12.4 Å². The Morgan fingerprint density at radius 1 is 1.29 bits per heavy atom. The first kappa shape index (κ1) is 27.4. The highest BCUT2D eigenvalue weighted by Gasteiger charge is 2.40. The van der Waals surface area contributed by atoms with E-state index in [4.69, 9.17) is 17.4 Å². The van der Waals surface area contributed by atoms with Crippen molar-refractivity contribution >= 4 is 42.9 Å². The van der Waals surface area contributed by atoms with Gasteiger partial charge in [0.15, 0.2) is 5.78 Å². The van der Waals surface area contributed by atoms with Crippen molar-refractivity contribution in [3.63, 3.8) is 0 Å². The third-order valence-electron chi connectivity index (χ3n) is 6.40. The molecular formula is C26H33ClFN3O3S. The third kappa shape index (κ3) is 7.18. The standard InChI is InChI=1S/C26H32FN3O3S.ClH/c1-2-33-24(31)8-5-12-30-16-18(15-28-30)14-20-17-29(13-11-23(20)34)25(26(32)19-9-10-19)21-6-3-4-7-22(21)27;/h3-4,6-7,14-16,19,23,25,34H,2,5,8-13,17H2,1H3;1H. The molecule has 6 nitrogen and oxygen atoms in total. The average molecular weight is 522 g/mol. The summed E-state index contributed by atoms with van der Waals surface area (Å²) >= 11 is 4.78. The first-order valence-electron chi connectivity index (χ1n) is 12.0. The maximum atomic E-state index is 14.7. The summed E-state index contributed by atoms with van der Waals surface area (Å²) in [7, 11) is 0. The number of piperidine rings is 1. The predicted molar refractivity (Wildman–Crippen MR) is 139 cm³/mol. The van der Waals surface area contributed by atoms with Gasteiger partial charge in [0.1, 0.15) is 5.82 Å². The Bertz CT molecular complexity index is 1060. The maximum Gasteiger partial charge on any atom is 0.305 e. The summed E-state index contributed by atoms with van der Waals surface area (Å²) in [6.07, 6.45) is 9.40. The molecule has 2 atom stereocenters. The second-order valence-corrected chi connectivity index (χ2v) is 9.66. The Balaban J connectivity index is 0.00000342. The first-order chi connectivity index (χ1) is 16.5. The summed E-state index contributed by atoms with van der Waals surface area (Å²) in [5, 5.41) is 4.47. The van der Waals surface area contributed by atoms with Crippen molar-refractivity contribution in [2.75, 3.05) is 19.7 Å². The molecule has 2 unspecified atom stereocenters. The van der Waals surface area contributed by atoms with Crippen LogP contribution in [0.5, 0.6) is 0 Å². The molecule has 2 heterocycles. The lowest BCUT2D eigenvalue weighted by Gasteiger charge is -2.37. The number of thiol groups is 1. The monoisotopic (exact) mass is 521 g/mol. The largest absolute Gasteiger partial charge is 0.466 e. The molecule has 1 saturated heterocycles. The molecule has 0 bridgehead atoms. The smallest absolute Gasteiger partial charge is 0.305 e. The number of hydrogen-bond donors (Lipinski definition) is 1. The molecule has 2 aromatic rings. The van der Waals surface area contributed by atoms with Crippen LogP contribution in [0, 0.1) is 11.7 Å². The predicted octanol–water partition coefficient (Wildman–Crippen LogP) is 4.90. The Labute approximate surface area is 217 Å². The van der Waals surface area contributed by atoms with Crippen LogP contribution >= 0.6 is 25.0 Å². The van der Waals surface area contributed by atoms with Crippen LogP contribution in [0.2, 0.25) is 0 Å². The summed E-state index contributed by atoms with van der Waals surface area (Å²) < 4.78 is 21.5. The molecule has 1 saturated carbocycles. The van der Waals surface area contributed by atoms with E-state index in [9.17, 15) is 14.0 Å². The van der Waals surface area contributed by atoms with Crippen LogP contribution in [-0.4, -0.2) is 51.4 Å². The number of benzene rings is 1. The van der Waals surface area contributed by atoms with E-state index >= 15 is 0 Å². The molecule has 2 fully saturated rings. The number of esters is 1. The van der Waals surface area contributed by atoms with Crippen LogP contribution in [0.15, 0.2) is 42.2 Å². The highest BCUT2D eigenvalue weighted by molar-refractivity contribution is 7.81. The van der Waals surface area contributed by atoms with E-state index in [1.54, 1.807) is 31.3 Å². The molecule has 2 aliphatic rings. The minimum Gasteiger partial charge on any atom is -0.466 e. The van der Waals surface area contributed by atoms with E-state index < -0.39 is 6.04 Å². The quantitative estimate of drug-likeness (QED) is 0.356. The van der Waals surface area contributed by atoms with Gasteiger partial charge < -0.3 is 4.74 Å². The number of rotatable bonds is 10. The second kappa shape index (κ2) is 12.7. The van der Waals surface area contributed by atoms with Crippen LogP contribution in [0.25, 0.3) is 6.08 Å². The highest BCUT2D eigenvalue weighted by Crippen LogP contribution is 2.39. The van der Waals surface area contributed by atoms with Gasteiger partial charge in [0.05, 0.1) is 18.8 Å². The van der Waals surface area contributed by atoms with Crippen molar-refractivity contribution in [2.45, 2.75) is 56.9 Å². The number of aryl methyl sites for hydroxylation is 1. The fourth-order valence-electron chi connectivity index (χ4n) is 4.48. The van der Waals surface area contributed by atoms with Gasteiger partial charge in [0, 0.05) is 54.5 Å². The van der Waals surface area contributed by atoms with E-state index in [1.165, 1.54) is 6.07 Å². The molecule has 1 aliphatic carbocycles. The highest BCUT2D eigenvalue weighted by atomic mass is 35.5. The van der Waals surface area contributed by atoms with Crippen LogP contribution in [-0.2, 0) is 20.9 Å². The van der Waals surface area contributed by atoms with Gasteiger partial charge in [-0.25, -0.2) is 4.39 Å². The number of halogens is 2. The normalized spacial score (nSPS) is 20.3. The molecule has 0 N–H and O–H groups in total. The number of aromatic nitrogens is 2. The van der Waals surface area contributed by atoms with E-state index in [2.05, 4.69) is 16.1 Å². The molecule has 0 spiro atoms. The van der Waals surface area contributed by atoms with E-state index in [1.807, 2.05) is 10.9 Å². The molecule has 35 heavy (non-hydrogen) atoms. The first-order valence-corrected chi connectivity index (χ1v) is 12.6. The van der Waals surface area contributed by atoms with Gasteiger partial charge in [-0.05, 0) is 44.2 Å². The van der Waals surface area contributed by atoms with E-state index in [0.717, 1.165) is 30.4 Å². The topological polar surface area (TPSA) is 64.4 Å². The number of ether oxygens (including phenoxy) is 1. The zero-order valence-electron chi connectivity index (χ0n) is 19.9. The number of hydrogen-bond acceptors (Lipinski definition) is 6. The molecule has 0 amide bonds. The van der Waals surface area contributed by atoms with Gasteiger partial charge in [-0.3, -0.25) is 19.2 Å². The van der Waals surface area contributed by atoms with E-state index in [-0.39, 0.29) is 41.1 Å². The van der Waals surface area contributed by atoms with Gasteiger partial charge in [-0.1, -0.05) is 24.3 Å². The lowest BCUT2D eigenvalue weighted by atomic mass is 9.93. The fraction of sp³-hybridized carbons (Fsp3) is 0.500. The lowest BCUT2D eigenvalue weighted by Crippen LogP contribution is -2.42. The van der Waals surface area contributed by atoms with Crippen LogP contribution in [0.1, 0.15) is 56.2 Å². The second-order valence-electron chi connectivity index (χ2n) is 9.04. The molecule has 1 aliphatic heterocycles. The number of carbonyl (C=O) groups is 2. The minimum atomic E-state index is -0.566. The summed E-state index contributed by atoms with van der Waals surface area (Å²) in [6.45, 7) is 4.07. The molecular weight excluding hydrogens is 489 g/mol. The van der Waals surface area contributed by atoms with Crippen LogP contribution in [0.4, 0.5) is 4.39 Å². The summed E-state index contributed by atoms with van der Waals surface area (Å²) in [5.74, 6) is -0.360. The summed E-state index contributed by atoms with van der Waals surface area (Å²) in [6, 6.07) is 6.05. The van der Waals surface area contributed by atoms with Gasteiger partial charge in [0.2, 0.25) is 0 Å². The third-order valence-corrected chi connectivity index (χ3v) is 6.99. The van der Waals surface area contributed by atoms with Crippen molar-refractivity contribution in [3.05, 3.63) is 59.2 Å². The summed E-state index contributed by atoms with van der Waals surface area (Å²) in [5.41, 5.74) is 2.50. The van der Waals surface area contributed by atoms with Crippen molar-refractivity contribution in [1.29, 1.82) is 0 Å². The zero-order chi connectivity index (χ0) is 24.1.